The molecule has 2 aromatic heterocycles. The van der Waals surface area contributed by atoms with E-state index in [-0.39, 0.29) is 11.8 Å². The highest BCUT2D eigenvalue weighted by atomic mass is 16.2. The summed E-state index contributed by atoms with van der Waals surface area (Å²) in [4.78, 5) is 33.7. The van der Waals surface area contributed by atoms with E-state index < -0.39 is 0 Å². The van der Waals surface area contributed by atoms with Crippen molar-refractivity contribution in [1.82, 2.24) is 19.7 Å². The van der Waals surface area contributed by atoms with Gasteiger partial charge in [0.15, 0.2) is 0 Å². The monoisotopic (exact) mass is 339 g/mol. The largest absolute Gasteiger partial charge is 0.335 e. The van der Waals surface area contributed by atoms with Crippen molar-refractivity contribution in [1.29, 1.82) is 0 Å². The number of pyridine rings is 1. The second-order valence-electron chi connectivity index (χ2n) is 6.74. The van der Waals surface area contributed by atoms with E-state index in [2.05, 4.69) is 10.1 Å². The Bertz CT molecular complexity index is 840. The predicted molar refractivity (Wildman–Crippen MR) is 92.0 cm³/mol. The van der Waals surface area contributed by atoms with E-state index in [1.165, 1.54) is 0 Å². The first kappa shape index (κ1) is 15.8. The van der Waals surface area contributed by atoms with Gasteiger partial charge in [0.25, 0.3) is 5.91 Å². The summed E-state index contributed by atoms with van der Waals surface area (Å²) in [6.07, 6.45) is 4.14. The number of aromatic nitrogens is 3. The van der Waals surface area contributed by atoms with Crippen LogP contribution in [0.4, 0.5) is 5.82 Å². The number of carbonyl (C=O) groups is 2. The average Bonchev–Trinajstić information content (AvgIpc) is 3.36. The summed E-state index contributed by atoms with van der Waals surface area (Å²) in [7, 11) is 1.75. The topological polar surface area (TPSA) is 71.3 Å². The standard InChI is InChI=1S/C18H21N5O2/c1-12-10-15(21(2)20-12)18(25)22-9-7-16(24)23(14-5-6-14)11-13-4-3-8-19-17(13)22/h3-4,8,10,14H,5-7,9,11H2,1-2H3. The average molecular weight is 339 g/mol. The maximum absolute atomic E-state index is 13.1. The second kappa shape index (κ2) is 5.98. The van der Waals surface area contributed by atoms with E-state index in [0.717, 1.165) is 24.1 Å². The van der Waals surface area contributed by atoms with Crippen LogP contribution in [0.3, 0.4) is 0 Å². The molecule has 0 unspecified atom stereocenters. The molecule has 0 N–H and O–H groups in total. The van der Waals surface area contributed by atoms with Crippen LogP contribution in [0.15, 0.2) is 24.4 Å². The smallest absolute Gasteiger partial charge is 0.277 e. The molecule has 2 aliphatic rings. The van der Waals surface area contributed by atoms with Crippen LogP contribution >= 0.6 is 0 Å². The Morgan fingerprint density at radius 1 is 1.32 bits per heavy atom. The molecule has 0 bridgehead atoms. The zero-order valence-corrected chi connectivity index (χ0v) is 14.5. The summed E-state index contributed by atoms with van der Waals surface area (Å²) in [6, 6.07) is 5.92. The van der Waals surface area contributed by atoms with Gasteiger partial charge >= 0.3 is 0 Å². The zero-order chi connectivity index (χ0) is 17.6. The minimum Gasteiger partial charge on any atom is -0.335 e. The third kappa shape index (κ3) is 2.90. The van der Waals surface area contributed by atoms with E-state index >= 15 is 0 Å². The number of amides is 2. The highest BCUT2D eigenvalue weighted by Crippen LogP contribution is 2.32. The lowest BCUT2D eigenvalue weighted by Crippen LogP contribution is -2.42. The van der Waals surface area contributed by atoms with Crippen LogP contribution in [-0.4, -0.2) is 44.1 Å². The highest BCUT2D eigenvalue weighted by Gasteiger charge is 2.36. The van der Waals surface area contributed by atoms with Crippen LogP contribution in [0.25, 0.3) is 0 Å². The molecular formula is C18H21N5O2. The fraction of sp³-hybridized carbons (Fsp3) is 0.444. The van der Waals surface area contributed by atoms with Gasteiger partial charge in [0.2, 0.25) is 5.91 Å². The summed E-state index contributed by atoms with van der Waals surface area (Å²) in [5.74, 6) is 0.580. The molecule has 0 atom stereocenters. The van der Waals surface area contributed by atoms with Crippen molar-refractivity contribution in [2.75, 3.05) is 11.4 Å². The van der Waals surface area contributed by atoms with Gasteiger partial charge in [0.05, 0.1) is 5.69 Å². The Morgan fingerprint density at radius 2 is 2.12 bits per heavy atom. The second-order valence-corrected chi connectivity index (χ2v) is 6.74. The van der Waals surface area contributed by atoms with Gasteiger partial charge in [-0.3, -0.25) is 19.2 Å². The molecule has 130 valence electrons. The van der Waals surface area contributed by atoms with Crippen molar-refractivity contribution in [3.05, 3.63) is 41.3 Å². The maximum Gasteiger partial charge on any atom is 0.277 e. The number of anilines is 1. The van der Waals surface area contributed by atoms with Crippen LogP contribution in [-0.2, 0) is 18.4 Å². The number of fused-ring (bicyclic) bond motifs is 1. The Kier molecular flexibility index (Phi) is 3.78. The molecule has 2 aromatic rings. The Morgan fingerprint density at radius 3 is 2.80 bits per heavy atom. The normalized spacial score (nSPS) is 17.9. The van der Waals surface area contributed by atoms with Crippen LogP contribution in [0, 0.1) is 6.92 Å². The molecule has 1 aliphatic carbocycles. The first-order valence-corrected chi connectivity index (χ1v) is 8.60. The molecule has 25 heavy (non-hydrogen) atoms. The molecule has 1 saturated carbocycles. The molecule has 2 amide bonds. The van der Waals surface area contributed by atoms with Gasteiger partial charge in [-0.1, -0.05) is 6.07 Å². The predicted octanol–water partition coefficient (Wildman–Crippen LogP) is 1.67. The van der Waals surface area contributed by atoms with Crippen molar-refractivity contribution in [2.45, 2.75) is 38.8 Å². The summed E-state index contributed by atoms with van der Waals surface area (Å²) in [5, 5.41) is 4.26. The van der Waals surface area contributed by atoms with E-state index in [9.17, 15) is 9.59 Å². The molecule has 7 nitrogen and oxygen atoms in total. The SMILES string of the molecule is Cc1cc(C(=O)N2CCC(=O)N(C3CC3)Cc3cccnc32)n(C)n1. The van der Waals surface area contributed by atoms with Gasteiger partial charge in [-0.2, -0.15) is 5.10 Å². The van der Waals surface area contributed by atoms with Crippen molar-refractivity contribution < 1.29 is 9.59 Å². The molecule has 0 radical (unpaired) electrons. The Balaban J connectivity index is 1.72. The molecule has 0 saturated heterocycles. The Hall–Kier alpha value is -2.70. The third-order valence-corrected chi connectivity index (χ3v) is 4.79. The van der Waals surface area contributed by atoms with Crippen molar-refractivity contribution in [3.8, 4) is 0 Å². The molecule has 0 spiro atoms. The first-order valence-electron chi connectivity index (χ1n) is 8.60. The van der Waals surface area contributed by atoms with Gasteiger partial charge in [0, 0.05) is 44.4 Å². The minimum atomic E-state index is -0.171. The van der Waals surface area contributed by atoms with E-state index in [1.54, 1.807) is 28.9 Å². The fourth-order valence-electron chi connectivity index (χ4n) is 3.39. The van der Waals surface area contributed by atoms with Crippen molar-refractivity contribution in [2.24, 2.45) is 7.05 Å². The molecule has 4 rings (SSSR count). The lowest BCUT2D eigenvalue weighted by Gasteiger charge is -2.31. The summed E-state index contributed by atoms with van der Waals surface area (Å²) in [5.41, 5.74) is 2.20. The number of carbonyl (C=O) groups excluding carboxylic acids is 2. The molecule has 3 heterocycles. The number of rotatable bonds is 2. The third-order valence-electron chi connectivity index (χ3n) is 4.79. The van der Waals surface area contributed by atoms with Crippen molar-refractivity contribution in [3.63, 3.8) is 0 Å². The number of aryl methyl sites for hydroxylation is 2. The highest BCUT2D eigenvalue weighted by molar-refractivity contribution is 6.05. The minimum absolute atomic E-state index is 0.107. The molecule has 1 fully saturated rings. The molecule has 1 aliphatic heterocycles. The van der Waals surface area contributed by atoms with Gasteiger partial charge in [-0.05, 0) is 31.9 Å². The Labute approximate surface area is 146 Å². The van der Waals surface area contributed by atoms with Crippen LogP contribution < -0.4 is 4.90 Å². The van der Waals surface area contributed by atoms with Gasteiger partial charge in [-0.25, -0.2) is 4.98 Å². The van der Waals surface area contributed by atoms with E-state index in [4.69, 9.17) is 0 Å². The molecular weight excluding hydrogens is 318 g/mol. The van der Waals surface area contributed by atoms with Crippen LogP contribution in [0.2, 0.25) is 0 Å². The van der Waals surface area contributed by atoms with Crippen molar-refractivity contribution >= 4 is 17.6 Å². The summed E-state index contributed by atoms with van der Waals surface area (Å²) in [6.45, 7) is 2.70. The lowest BCUT2D eigenvalue weighted by atomic mass is 10.1. The van der Waals surface area contributed by atoms with E-state index in [0.29, 0.717) is 37.1 Å². The van der Waals surface area contributed by atoms with Gasteiger partial charge in [0.1, 0.15) is 11.5 Å². The summed E-state index contributed by atoms with van der Waals surface area (Å²) >= 11 is 0. The molecule has 7 heteroatoms. The fourth-order valence-corrected chi connectivity index (χ4v) is 3.39. The van der Waals surface area contributed by atoms with Gasteiger partial charge < -0.3 is 4.90 Å². The number of nitrogens with zero attached hydrogens (tertiary/aromatic N) is 5. The zero-order valence-electron chi connectivity index (χ0n) is 14.5. The van der Waals surface area contributed by atoms with Crippen LogP contribution in [0.1, 0.15) is 41.0 Å². The summed E-state index contributed by atoms with van der Waals surface area (Å²) < 4.78 is 1.58. The maximum atomic E-state index is 13.1. The molecule has 0 aromatic carbocycles. The van der Waals surface area contributed by atoms with Crippen LogP contribution in [0.5, 0.6) is 0 Å². The first-order chi connectivity index (χ1) is 12.0. The quantitative estimate of drug-likeness (QED) is 0.834. The number of hydrogen-bond acceptors (Lipinski definition) is 4. The lowest BCUT2D eigenvalue weighted by molar-refractivity contribution is -0.132. The van der Waals surface area contributed by atoms with E-state index in [1.807, 2.05) is 24.0 Å². The number of hydrogen-bond donors (Lipinski definition) is 0. The van der Waals surface area contributed by atoms with Gasteiger partial charge in [-0.15, -0.1) is 0 Å².